The van der Waals surface area contributed by atoms with Crippen LogP contribution in [0.15, 0.2) is 4.99 Å². The van der Waals surface area contributed by atoms with Crippen LogP contribution in [0.5, 0.6) is 0 Å². The van der Waals surface area contributed by atoms with Crippen LogP contribution < -0.4 is 10.6 Å². The molecule has 2 rings (SSSR count). The van der Waals surface area contributed by atoms with Crippen molar-refractivity contribution in [1.29, 1.82) is 0 Å². The van der Waals surface area contributed by atoms with Crippen molar-refractivity contribution in [2.75, 3.05) is 26.4 Å². The van der Waals surface area contributed by atoms with E-state index in [0.29, 0.717) is 12.1 Å². The molecule has 0 aromatic rings. The summed E-state index contributed by atoms with van der Waals surface area (Å²) in [5, 5.41) is 8.01. The first-order valence-corrected chi connectivity index (χ1v) is 11.0. The lowest BCUT2D eigenvalue weighted by Gasteiger charge is -2.32. The van der Waals surface area contributed by atoms with Crippen molar-refractivity contribution in [3.8, 4) is 0 Å². The molecule has 5 nitrogen and oxygen atoms in total. The smallest absolute Gasteiger partial charge is 0.243 e. The Bertz CT molecular complexity index is 439. The second-order valence-corrected chi connectivity index (χ2v) is 9.09. The highest BCUT2D eigenvalue weighted by atomic mass is 127. The van der Waals surface area contributed by atoms with Crippen LogP contribution in [0.25, 0.3) is 0 Å². The predicted molar refractivity (Wildman–Crippen MR) is 124 cm³/mol. The van der Waals surface area contributed by atoms with E-state index in [2.05, 4.69) is 34.3 Å². The van der Waals surface area contributed by atoms with Crippen LogP contribution in [0.4, 0.5) is 0 Å². The van der Waals surface area contributed by atoms with Crippen LogP contribution in [-0.4, -0.2) is 60.5 Å². The fourth-order valence-corrected chi connectivity index (χ4v) is 4.89. The van der Waals surface area contributed by atoms with Gasteiger partial charge >= 0.3 is 0 Å². The topological polar surface area (TPSA) is 56.7 Å². The molecule has 2 atom stereocenters. The minimum absolute atomic E-state index is 0. The van der Waals surface area contributed by atoms with Crippen LogP contribution in [0.1, 0.15) is 64.7 Å². The van der Waals surface area contributed by atoms with E-state index in [4.69, 9.17) is 0 Å². The summed E-state index contributed by atoms with van der Waals surface area (Å²) in [5.74, 6) is 2.08. The van der Waals surface area contributed by atoms with Crippen molar-refractivity contribution >= 4 is 47.6 Å². The second-order valence-electron chi connectivity index (χ2n) is 7.52. The second kappa shape index (κ2) is 13.1. The van der Waals surface area contributed by atoms with E-state index in [1.54, 1.807) is 19.0 Å². The van der Waals surface area contributed by atoms with Crippen molar-refractivity contribution in [1.82, 2.24) is 15.5 Å². The minimum atomic E-state index is 0. The molecule has 0 aromatic heterocycles. The summed E-state index contributed by atoms with van der Waals surface area (Å²) in [5.41, 5.74) is 0. The molecule has 0 saturated heterocycles. The zero-order chi connectivity index (χ0) is 18.1. The predicted octanol–water partition coefficient (Wildman–Crippen LogP) is 3.62. The van der Waals surface area contributed by atoms with Gasteiger partial charge in [-0.1, -0.05) is 32.6 Å². The van der Waals surface area contributed by atoms with Gasteiger partial charge in [0, 0.05) is 31.4 Å². The van der Waals surface area contributed by atoms with Crippen LogP contribution in [-0.2, 0) is 4.79 Å². The lowest BCUT2D eigenvalue weighted by molar-refractivity contribution is -0.127. The van der Waals surface area contributed by atoms with Crippen LogP contribution in [0.3, 0.4) is 0 Å². The number of halogens is 1. The van der Waals surface area contributed by atoms with E-state index in [0.717, 1.165) is 11.2 Å². The molecule has 7 heteroatoms. The summed E-state index contributed by atoms with van der Waals surface area (Å²) in [4.78, 5) is 18.1. The maximum Gasteiger partial charge on any atom is 0.243 e. The van der Waals surface area contributed by atoms with Gasteiger partial charge in [-0.3, -0.25) is 4.79 Å². The summed E-state index contributed by atoms with van der Waals surface area (Å²) >= 11 is 2.08. The summed E-state index contributed by atoms with van der Waals surface area (Å²) in [6.07, 6.45) is 11.4. The Morgan fingerprint density at radius 2 is 1.69 bits per heavy atom. The monoisotopic (exact) mass is 496 g/mol. The lowest BCUT2D eigenvalue weighted by atomic mass is 9.94. The van der Waals surface area contributed by atoms with Gasteiger partial charge in [0.2, 0.25) is 5.91 Å². The van der Waals surface area contributed by atoms with E-state index in [1.807, 2.05) is 0 Å². The molecule has 2 aliphatic carbocycles. The number of aliphatic imine (C=N–C) groups is 1. The molecule has 26 heavy (non-hydrogen) atoms. The molecule has 2 N–H and O–H groups in total. The third-order valence-electron chi connectivity index (χ3n) is 5.19. The minimum Gasteiger partial charge on any atom is -0.354 e. The SMILES string of the molecule is CCSC1CCCC(NC(=NCC(=O)N(C)C)NC2CCCCC2)C1.I. The largest absolute Gasteiger partial charge is 0.354 e. The van der Waals surface area contributed by atoms with Gasteiger partial charge in [0.15, 0.2) is 5.96 Å². The molecule has 0 aromatic carbocycles. The molecule has 152 valence electrons. The highest BCUT2D eigenvalue weighted by Gasteiger charge is 2.24. The Hall–Kier alpha value is -0.180. The Kier molecular flexibility index (Phi) is 12.0. The number of guanidine groups is 1. The summed E-state index contributed by atoms with van der Waals surface area (Å²) in [6, 6.07) is 0.973. The first kappa shape index (κ1) is 23.9. The number of nitrogens with zero attached hydrogens (tertiary/aromatic N) is 2. The van der Waals surface area contributed by atoms with E-state index in [9.17, 15) is 4.79 Å². The molecule has 2 fully saturated rings. The van der Waals surface area contributed by atoms with Gasteiger partial charge in [-0.15, -0.1) is 24.0 Å². The van der Waals surface area contributed by atoms with Crippen molar-refractivity contribution in [3.05, 3.63) is 0 Å². The third-order valence-corrected chi connectivity index (χ3v) is 6.42. The molecule has 0 aliphatic heterocycles. The lowest BCUT2D eigenvalue weighted by Crippen LogP contribution is -2.49. The van der Waals surface area contributed by atoms with Crippen molar-refractivity contribution in [2.45, 2.75) is 82.0 Å². The zero-order valence-electron chi connectivity index (χ0n) is 16.6. The van der Waals surface area contributed by atoms with Crippen LogP contribution in [0.2, 0.25) is 0 Å². The first-order chi connectivity index (χ1) is 12.1. The summed E-state index contributed by atoms with van der Waals surface area (Å²) in [7, 11) is 3.57. The van der Waals surface area contributed by atoms with E-state index in [-0.39, 0.29) is 36.4 Å². The molecular formula is C19H37IN4OS. The molecule has 1 amide bonds. The van der Waals surface area contributed by atoms with Gasteiger partial charge in [0.25, 0.3) is 0 Å². The number of nitrogens with one attached hydrogen (secondary N) is 2. The number of hydrogen-bond donors (Lipinski definition) is 2. The van der Waals surface area contributed by atoms with E-state index in [1.165, 1.54) is 63.5 Å². The number of amides is 1. The van der Waals surface area contributed by atoms with Gasteiger partial charge in [0.1, 0.15) is 6.54 Å². The highest BCUT2D eigenvalue weighted by Crippen LogP contribution is 2.28. The normalized spacial score (nSPS) is 24.5. The van der Waals surface area contributed by atoms with Gasteiger partial charge in [0.05, 0.1) is 0 Å². The van der Waals surface area contributed by atoms with Crippen LogP contribution in [0, 0.1) is 0 Å². The maximum absolute atomic E-state index is 11.9. The quantitative estimate of drug-likeness (QED) is 0.335. The summed E-state index contributed by atoms with van der Waals surface area (Å²) in [6.45, 7) is 2.46. The van der Waals surface area contributed by atoms with Gasteiger partial charge in [-0.2, -0.15) is 11.8 Å². The number of rotatable bonds is 6. The number of carbonyl (C=O) groups is 1. The molecule has 0 bridgehead atoms. The maximum atomic E-state index is 11.9. The zero-order valence-corrected chi connectivity index (χ0v) is 19.8. The Labute approximate surface area is 180 Å². The molecule has 0 radical (unpaired) electrons. The fraction of sp³-hybridized carbons (Fsp3) is 0.895. The van der Waals surface area contributed by atoms with Crippen molar-refractivity contribution < 1.29 is 4.79 Å². The third kappa shape index (κ3) is 8.67. The standard InChI is InChI=1S/C19H36N4OS.HI/c1-4-25-17-12-8-11-16(13-17)22-19(20-14-18(24)23(2)3)21-15-9-6-5-7-10-15;/h15-17H,4-14H2,1-3H3,(H2,20,21,22);1H. The molecule has 2 aliphatic rings. The number of carbonyl (C=O) groups excluding carboxylic acids is 1. The van der Waals surface area contributed by atoms with E-state index >= 15 is 0 Å². The Morgan fingerprint density at radius 3 is 2.35 bits per heavy atom. The molecule has 0 spiro atoms. The Morgan fingerprint density at radius 1 is 1.04 bits per heavy atom. The Balaban J connectivity index is 0.00000338. The number of thioether (sulfide) groups is 1. The molecule has 0 heterocycles. The molecular weight excluding hydrogens is 459 g/mol. The van der Waals surface area contributed by atoms with Crippen molar-refractivity contribution in [2.24, 2.45) is 4.99 Å². The molecule has 2 saturated carbocycles. The van der Waals surface area contributed by atoms with Gasteiger partial charge in [-0.25, -0.2) is 4.99 Å². The fourth-order valence-electron chi connectivity index (χ4n) is 3.72. The average Bonchev–Trinajstić information content (AvgIpc) is 2.61. The van der Waals surface area contributed by atoms with Crippen molar-refractivity contribution in [3.63, 3.8) is 0 Å². The van der Waals surface area contributed by atoms with E-state index < -0.39 is 0 Å². The van der Waals surface area contributed by atoms with Gasteiger partial charge < -0.3 is 15.5 Å². The summed E-state index contributed by atoms with van der Waals surface area (Å²) < 4.78 is 0. The number of likely N-dealkylation sites (N-methyl/N-ethyl adjacent to an activating group) is 1. The van der Waals surface area contributed by atoms with Crippen LogP contribution >= 0.6 is 35.7 Å². The van der Waals surface area contributed by atoms with Gasteiger partial charge in [-0.05, 0) is 37.9 Å². The highest BCUT2D eigenvalue weighted by molar-refractivity contribution is 14.0. The number of hydrogen-bond acceptors (Lipinski definition) is 3. The molecule has 2 unspecified atom stereocenters. The average molecular weight is 497 g/mol. The first-order valence-electron chi connectivity index (χ1n) is 9.97.